The molecule has 114 valence electrons. The van der Waals surface area contributed by atoms with Gasteiger partial charge in [0, 0.05) is 19.6 Å². The molecule has 1 amide bonds. The van der Waals surface area contributed by atoms with E-state index in [1.54, 1.807) is 0 Å². The number of rotatable bonds is 4. The first-order chi connectivity index (χ1) is 9.53. The predicted molar refractivity (Wildman–Crippen MR) is 73.3 cm³/mol. The van der Waals surface area contributed by atoms with Crippen molar-refractivity contribution in [3.63, 3.8) is 0 Å². The summed E-state index contributed by atoms with van der Waals surface area (Å²) in [7, 11) is 0. The third-order valence-electron chi connectivity index (χ3n) is 4.51. The van der Waals surface area contributed by atoms with E-state index in [1.165, 1.54) is 0 Å². The first kappa shape index (κ1) is 15.3. The molecule has 0 aromatic rings. The predicted octanol–water partition coefficient (Wildman–Crippen LogP) is 0.372. The van der Waals surface area contributed by atoms with Crippen LogP contribution in [0.3, 0.4) is 0 Å². The number of carboxylic acids is 1. The van der Waals surface area contributed by atoms with Crippen LogP contribution in [0, 0.1) is 11.3 Å². The molecule has 2 aliphatic rings. The van der Waals surface area contributed by atoms with Crippen LogP contribution in [0.2, 0.25) is 0 Å². The molecule has 0 spiro atoms. The first-order valence-corrected chi connectivity index (χ1v) is 7.37. The van der Waals surface area contributed by atoms with Gasteiger partial charge in [0.2, 0.25) is 5.91 Å². The van der Waals surface area contributed by atoms with E-state index in [-0.39, 0.29) is 12.5 Å². The SMILES string of the molecule is CC1CCC(CNC(=O)C2CNCCO2)(C(=O)O)CC1. The number of nitrogens with one attached hydrogen (secondary N) is 2. The number of carbonyl (C=O) groups is 2. The third-order valence-corrected chi connectivity index (χ3v) is 4.51. The summed E-state index contributed by atoms with van der Waals surface area (Å²) in [5, 5.41) is 15.4. The zero-order valence-corrected chi connectivity index (χ0v) is 12.0. The highest BCUT2D eigenvalue weighted by atomic mass is 16.5. The fourth-order valence-corrected chi connectivity index (χ4v) is 2.88. The Balaban J connectivity index is 1.89. The number of amides is 1. The second-order valence-corrected chi connectivity index (χ2v) is 6.05. The highest BCUT2D eigenvalue weighted by Crippen LogP contribution is 2.38. The van der Waals surface area contributed by atoms with Gasteiger partial charge in [0.15, 0.2) is 0 Å². The molecule has 1 saturated heterocycles. The molecule has 1 saturated carbocycles. The van der Waals surface area contributed by atoms with E-state index in [4.69, 9.17) is 4.74 Å². The molecule has 1 unspecified atom stereocenters. The first-order valence-electron chi connectivity index (χ1n) is 7.37. The van der Waals surface area contributed by atoms with Crippen molar-refractivity contribution in [3.05, 3.63) is 0 Å². The molecule has 0 radical (unpaired) electrons. The molecule has 1 aliphatic heterocycles. The Labute approximate surface area is 119 Å². The molecule has 6 heteroatoms. The molecule has 2 rings (SSSR count). The normalized spacial score (nSPS) is 34.5. The van der Waals surface area contributed by atoms with Crippen LogP contribution in [0.4, 0.5) is 0 Å². The topological polar surface area (TPSA) is 87.7 Å². The minimum atomic E-state index is -0.801. The van der Waals surface area contributed by atoms with Gasteiger partial charge in [-0.1, -0.05) is 6.92 Å². The summed E-state index contributed by atoms with van der Waals surface area (Å²) in [4.78, 5) is 23.6. The lowest BCUT2D eigenvalue weighted by Crippen LogP contribution is -2.51. The Morgan fingerprint density at radius 3 is 2.65 bits per heavy atom. The fraction of sp³-hybridized carbons (Fsp3) is 0.857. The summed E-state index contributed by atoms with van der Waals surface area (Å²) in [6.07, 6.45) is 2.58. The molecular weight excluding hydrogens is 260 g/mol. The molecule has 1 aliphatic carbocycles. The zero-order valence-electron chi connectivity index (χ0n) is 12.0. The maximum atomic E-state index is 12.0. The van der Waals surface area contributed by atoms with Crippen LogP contribution in [0.15, 0.2) is 0 Å². The summed E-state index contributed by atoms with van der Waals surface area (Å²) in [6, 6.07) is 0. The van der Waals surface area contributed by atoms with E-state index in [2.05, 4.69) is 17.6 Å². The maximum absolute atomic E-state index is 12.0. The van der Waals surface area contributed by atoms with Crippen molar-refractivity contribution in [1.29, 1.82) is 0 Å². The van der Waals surface area contributed by atoms with Crippen molar-refractivity contribution >= 4 is 11.9 Å². The van der Waals surface area contributed by atoms with Crippen LogP contribution in [0.5, 0.6) is 0 Å². The molecule has 0 aromatic carbocycles. The van der Waals surface area contributed by atoms with Gasteiger partial charge in [-0.3, -0.25) is 9.59 Å². The van der Waals surface area contributed by atoms with Crippen molar-refractivity contribution < 1.29 is 19.4 Å². The summed E-state index contributed by atoms with van der Waals surface area (Å²) in [5.41, 5.74) is -0.801. The van der Waals surface area contributed by atoms with Gasteiger partial charge in [0.25, 0.3) is 0 Å². The molecule has 2 fully saturated rings. The van der Waals surface area contributed by atoms with Gasteiger partial charge < -0.3 is 20.5 Å². The number of carbonyl (C=O) groups excluding carboxylic acids is 1. The Kier molecular flexibility index (Phi) is 4.99. The lowest BCUT2D eigenvalue weighted by atomic mass is 9.71. The van der Waals surface area contributed by atoms with E-state index in [1.807, 2.05) is 0 Å². The number of hydrogen-bond donors (Lipinski definition) is 3. The van der Waals surface area contributed by atoms with Gasteiger partial charge >= 0.3 is 5.97 Å². The Bertz CT molecular complexity index is 358. The molecule has 0 aromatic heterocycles. The molecule has 3 N–H and O–H groups in total. The minimum absolute atomic E-state index is 0.202. The average molecular weight is 284 g/mol. The van der Waals surface area contributed by atoms with Gasteiger partial charge in [0.1, 0.15) is 6.10 Å². The second kappa shape index (κ2) is 6.54. The van der Waals surface area contributed by atoms with Crippen LogP contribution in [0.1, 0.15) is 32.6 Å². The summed E-state index contributed by atoms with van der Waals surface area (Å²) >= 11 is 0. The van der Waals surface area contributed by atoms with Gasteiger partial charge in [-0.25, -0.2) is 0 Å². The Morgan fingerprint density at radius 2 is 2.10 bits per heavy atom. The highest BCUT2D eigenvalue weighted by Gasteiger charge is 2.41. The van der Waals surface area contributed by atoms with Gasteiger partial charge in [0.05, 0.1) is 12.0 Å². The lowest BCUT2D eigenvalue weighted by Gasteiger charge is -2.36. The molecule has 20 heavy (non-hydrogen) atoms. The molecule has 1 heterocycles. The highest BCUT2D eigenvalue weighted by molar-refractivity contribution is 5.82. The molecule has 1 atom stereocenters. The van der Waals surface area contributed by atoms with E-state index >= 15 is 0 Å². The maximum Gasteiger partial charge on any atom is 0.311 e. The summed E-state index contributed by atoms with van der Waals surface area (Å²) < 4.78 is 5.37. The minimum Gasteiger partial charge on any atom is -0.481 e. The summed E-state index contributed by atoms with van der Waals surface area (Å²) in [5.74, 6) is -0.437. The van der Waals surface area contributed by atoms with E-state index in [0.29, 0.717) is 31.9 Å². The Morgan fingerprint density at radius 1 is 1.40 bits per heavy atom. The third kappa shape index (κ3) is 3.49. The van der Waals surface area contributed by atoms with Crippen LogP contribution in [-0.4, -0.2) is 49.3 Å². The summed E-state index contributed by atoms with van der Waals surface area (Å²) in [6.45, 7) is 4.10. The Hall–Kier alpha value is -1.14. The van der Waals surface area contributed by atoms with Crippen molar-refractivity contribution in [3.8, 4) is 0 Å². The van der Waals surface area contributed by atoms with Crippen LogP contribution >= 0.6 is 0 Å². The number of aliphatic carboxylic acids is 1. The second-order valence-electron chi connectivity index (χ2n) is 6.05. The molecular formula is C14H24N2O4. The van der Waals surface area contributed by atoms with Crippen molar-refractivity contribution in [2.75, 3.05) is 26.2 Å². The van der Waals surface area contributed by atoms with E-state index in [9.17, 15) is 14.7 Å². The van der Waals surface area contributed by atoms with Crippen molar-refractivity contribution in [1.82, 2.24) is 10.6 Å². The van der Waals surface area contributed by atoms with Gasteiger partial charge in [-0.15, -0.1) is 0 Å². The number of morpholine rings is 1. The van der Waals surface area contributed by atoms with Crippen molar-refractivity contribution in [2.24, 2.45) is 11.3 Å². The quantitative estimate of drug-likeness (QED) is 0.694. The number of carboxylic acid groups (broad SMARTS) is 1. The van der Waals surface area contributed by atoms with Crippen LogP contribution in [-0.2, 0) is 14.3 Å². The smallest absolute Gasteiger partial charge is 0.311 e. The fourth-order valence-electron chi connectivity index (χ4n) is 2.88. The standard InChI is InChI=1S/C14H24N2O4/c1-10-2-4-14(5-3-10,13(18)19)9-16-12(17)11-8-15-6-7-20-11/h10-11,15H,2-9H2,1H3,(H,16,17)(H,18,19). The lowest BCUT2D eigenvalue weighted by molar-refractivity contribution is -0.152. The molecule has 0 bridgehead atoms. The average Bonchev–Trinajstić information content (AvgIpc) is 2.47. The van der Waals surface area contributed by atoms with Crippen molar-refractivity contribution in [2.45, 2.75) is 38.7 Å². The van der Waals surface area contributed by atoms with E-state index < -0.39 is 17.5 Å². The number of hydrogen-bond acceptors (Lipinski definition) is 4. The zero-order chi connectivity index (χ0) is 14.6. The molecule has 6 nitrogen and oxygen atoms in total. The van der Waals surface area contributed by atoms with E-state index in [0.717, 1.165) is 19.4 Å². The number of ether oxygens (including phenoxy) is 1. The monoisotopic (exact) mass is 284 g/mol. The van der Waals surface area contributed by atoms with Crippen LogP contribution < -0.4 is 10.6 Å². The van der Waals surface area contributed by atoms with Gasteiger partial charge in [-0.2, -0.15) is 0 Å². The largest absolute Gasteiger partial charge is 0.481 e. The van der Waals surface area contributed by atoms with Crippen LogP contribution in [0.25, 0.3) is 0 Å². The van der Waals surface area contributed by atoms with Gasteiger partial charge in [-0.05, 0) is 31.6 Å².